The van der Waals surface area contributed by atoms with Crippen molar-refractivity contribution in [1.29, 1.82) is 0 Å². The molecule has 2 aliphatic rings. The third-order valence-corrected chi connectivity index (χ3v) is 12.1. The van der Waals surface area contributed by atoms with Gasteiger partial charge in [-0.3, -0.25) is 9.63 Å². The molecule has 1 aromatic rings. The summed E-state index contributed by atoms with van der Waals surface area (Å²) in [5.41, 5.74) is 0.477. The molecule has 0 saturated carbocycles. The molecular formula is C28H41NO7Si. The quantitative estimate of drug-likeness (QED) is 0.200. The molecule has 1 amide bonds. The molecule has 0 fully saturated rings. The molecule has 0 spiro atoms. The van der Waals surface area contributed by atoms with E-state index >= 15 is 0 Å². The average Bonchev–Trinajstić information content (AvgIpc) is 2.84. The van der Waals surface area contributed by atoms with Crippen molar-refractivity contribution in [2.24, 2.45) is 11.8 Å². The van der Waals surface area contributed by atoms with Gasteiger partial charge in [0.1, 0.15) is 18.1 Å². The molecule has 8 nitrogen and oxygen atoms in total. The minimum Gasteiger partial charge on any atom is -0.511 e. The highest BCUT2D eigenvalue weighted by molar-refractivity contribution is 6.74. The number of carbonyl (C=O) groups excluding carboxylic acids is 2. The highest BCUT2D eigenvalue weighted by Crippen LogP contribution is 2.40. The van der Waals surface area contributed by atoms with E-state index in [-0.39, 0.29) is 48.2 Å². The molecule has 0 saturated heterocycles. The lowest BCUT2D eigenvalue weighted by Crippen LogP contribution is -2.47. The van der Waals surface area contributed by atoms with Crippen LogP contribution in [0.4, 0.5) is 0 Å². The monoisotopic (exact) mass is 531 g/mol. The first-order valence-electron chi connectivity index (χ1n) is 12.9. The Labute approximate surface area is 221 Å². The Kier molecular flexibility index (Phi) is 9.26. The number of aliphatic hydroxyl groups excluding tert-OH is 1. The van der Waals surface area contributed by atoms with Crippen molar-refractivity contribution in [2.75, 3.05) is 20.3 Å². The van der Waals surface area contributed by atoms with E-state index in [4.69, 9.17) is 18.7 Å². The zero-order valence-corrected chi connectivity index (χ0v) is 24.1. The van der Waals surface area contributed by atoms with Gasteiger partial charge in [-0.2, -0.15) is 0 Å². The van der Waals surface area contributed by atoms with Crippen LogP contribution in [0.1, 0.15) is 46.1 Å². The number of rotatable bonds is 9. The van der Waals surface area contributed by atoms with Crippen LogP contribution in [0.3, 0.4) is 0 Å². The van der Waals surface area contributed by atoms with E-state index in [1.165, 1.54) is 5.06 Å². The molecular weight excluding hydrogens is 490 g/mol. The number of hydroxylamine groups is 2. The van der Waals surface area contributed by atoms with Crippen LogP contribution in [0.15, 0.2) is 47.7 Å². The van der Waals surface area contributed by atoms with Gasteiger partial charge < -0.3 is 19.0 Å². The van der Waals surface area contributed by atoms with Crippen molar-refractivity contribution in [1.82, 2.24) is 5.06 Å². The van der Waals surface area contributed by atoms with Gasteiger partial charge in [0.05, 0.1) is 26.4 Å². The van der Waals surface area contributed by atoms with Crippen LogP contribution in [0.25, 0.3) is 0 Å². The number of ether oxygens (including phenoxy) is 2. The summed E-state index contributed by atoms with van der Waals surface area (Å²) in [5.74, 6) is -1.62. The second-order valence-corrected chi connectivity index (χ2v) is 15.9. The van der Waals surface area contributed by atoms with Gasteiger partial charge in [-0.15, -0.1) is 0 Å². The largest absolute Gasteiger partial charge is 0.511 e. The van der Waals surface area contributed by atoms with Crippen LogP contribution in [-0.4, -0.2) is 56.7 Å². The topological polar surface area (TPSA) is 94.5 Å². The fourth-order valence-corrected chi connectivity index (χ4v) is 5.60. The van der Waals surface area contributed by atoms with Crippen molar-refractivity contribution in [3.63, 3.8) is 0 Å². The molecule has 1 N–H and O–H groups in total. The number of esters is 1. The summed E-state index contributed by atoms with van der Waals surface area (Å²) in [6.45, 7) is 13.1. The van der Waals surface area contributed by atoms with Crippen LogP contribution in [0.2, 0.25) is 18.1 Å². The molecule has 204 valence electrons. The van der Waals surface area contributed by atoms with Crippen molar-refractivity contribution in [3.8, 4) is 5.75 Å². The van der Waals surface area contributed by atoms with Crippen molar-refractivity contribution >= 4 is 20.2 Å². The highest BCUT2D eigenvalue weighted by atomic mass is 28.4. The van der Waals surface area contributed by atoms with Crippen molar-refractivity contribution in [3.05, 3.63) is 53.3 Å². The van der Waals surface area contributed by atoms with E-state index < -0.39 is 26.1 Å². The Bertz CT molecular complexity index is 1030. The fraction of sp³-hybridized carbons (Fsp3) is 0.571. The number of nitrogens with zero attached hydrogens (tertiary/aromatic N) is 1. The molecule has 0 bridgehead atoms. The van der Waals surface area contributed by atoms with E-state index in [0.29, 0.717) is 0 Å². The van der Waals surface area contributed by atoms with E-state index in [1.54, 1.807) is 14.0 Å². The number of hydrogen-bond donors (Lipinski definition) is 1. The fourth-order valence-electron chi connectivity index (χ4n) is 4.29. The number of benzene rings is 1. The van der Waals surface area contributed by atoms with Crippen LogP contribution in [0.5, 0.6) is 5.75 Å². The lowest BCUT2D eigenvalue weighted by Gasteiger charge is -2.41. The molecule has 0 radical (unpaired) electrons. The Morgan fingerprint density at radius 2 is 1.81 bits per heavy atom. The van der Waals surface area contributed by atoms with Crippen molar-refractivity contribution in [2.45, 2.75) is 71.4 Å². The van der Waals surface area contributed by atoms with Gasteiger partial charge in [0.15, 0.2) is 13.9 Å². The zero-order chi connectivity index (χ0) is 27.4. The summed E-state index contributed by atoms with van der Waals surface area (Å²) in [5, 5.41) is 12.4. The Morgan fingerprint density at radius 3 is 2.35 bits per heavy atom. The molecule has 3 rings (SSSR count). The van der Waals surface area contributed by atoms with Gasteiger partial charge in [0.25, 0.3) is 5.91 Å². The van der Waals surface area contributed by atoms with Crippen LogP contribution < -0.4 is 4.74 Å². The molecule has 1 aliphatic heterocycles. The third kappa shape index (κ3) is 6.83. The summed E-state index contributed by atoms with van der Waals surface area (Å²) in [6, 6.07) is 7.31. The molecule has 1 heterocycles. The summed E-state index contributed by atoms with van der Waals surface area (Å²) in [4.78, 5) is 31.6. The molecule has 0 aromatic heterocycles. The maximum Gasteiger partial charge on any atom is 0.347 e. The van der Waals surface area contributed by atoms with Gasteiger partial charge in [0.2, 0.25) is 0 Å². The Morgan fingerprint density at radius 1 is 1.14 bits per heavy atom. The highest BCUT2D eigenvalue weighted by Gasteiger charge is 2.43. The Hall–Kier alpha value is -2.62. The van der Waals surface area contributed by atoms with Gasteiger partial charge in [-0.1, -0.05) is 45.1 Å². The third-order valence-electron chi connectivity index (χ3n) is 7.56. The standard InChI is InChI=1S/C28H41NO7Si/c1-8-34-27(32)24-25(30)23(20-11-15-22(16-12-20)36-37(6,7)28(2,3)4)17-29(26(24)31)35-18-19-9-13-21(33-5)14-10-19/h9-11,13-15,20,22-23,30H,8,12,16-18H2,1-7H3/t20-,22-,23?/m0/s1. The SMILES string of the molecule is CCOC(=O)C1=C(O)C([C@H]2C=C[C@H](O[Si](C)(C)C(C)(C)C)CC2)CN(OCc2ccc(OC)cc2)C1=O. The smallest absolute Gasteiger partial charge is 0.347 e. The first-order chi connectivity index (χ1) is 17.4. The maximum atomic E-state index is 13.1. The number of amides is 1. The Balaban J connectivity index is 1.79. The zero-order valence-electron chi connectivity index (χ0n) is 23.1. The number of aliphatic hydroxyl groups is 1. The number of hydrogen-bond acceptors (Lipinski definition) is 7. The lowest BCUT2D eigenvalue weighted by molar-refractivity contribution is -0.196. The van der Waals surface area contributed by atoms with Gasteiger partial charge in [-0.05, 0) is 61.5 Å². The number of methoxy groups -OCH3 is 1. The summed E-state index contributed by atoms with van der Waals surface area (Å²) < 4.78 is 16.8. The maximum absolute atomic E-state index is 13.1. The van der Waals surface area contributed by atoms with E-state index in [2.05, 4.69) is 39.9 Å². The van der Waals surface area contributed by atoms with Crippen LogP contribution in [0, 0.1) is 11.8 Å². The van der Waals surface area contributed by atoms with Gasteiger partial charge >= 0.3 is 5.97 Å². The van der Waals surface area contributed by atoms with Gasteiger partial charge in [0, 0.05) is 5.92 Å². The van der Waals surface area contributed by atoms with Crippen LogP contribution in [-0.2, 0) is 30.2 Å². The first-order valence-corrected chi connectivity index (χ1v) is 15.8. The van der Waals surface area contributed by atoms with Crippen LogP contribution >= 0.6 is 0 Å². The second kappa shape index (κ2) is 11.8. The van der Waals surface area contributed by atoms with E-state index in [1.807, 2.05) is 30.3 Å². The normalized spacial score (nSPS) is 22.8. The molecule has 1 aromatic carbocycles. The average molecular weight is 532 g/mol. The van der Waals surface area contributed by atoms with Gasteiger partial charge in [-0.25, -0.2) is 9.86 Å². The van der Waals surface area contributed by atoms with E-state index in [9.17, 15) is 14.7 Å². The summed E-state index contributed by atoms with van der Waals surface area (Å²) in [6.07, 6.45) is 5.67. The minimum atomic E-state index is -1.92. The predicted octanol–water partition coefficient (Wildman–Crippen LogP) is 5.32. The second-order valence-electron chi connectivity index (χ2n) is 11.1. The van der Waals surface area contributed by atoms with E-state index in [0.717, 1.165) is 24.2 Å². The predicted molar refractivity (Wildman–Crippen MR) is 143 cm³/mol. The minimum absolute atomic E-state index is 0.0143. The molecule has 9 heteroatoms. The summed E-state index contributed by atoms with van der Waals surface area (Å²) in [7, 11) is -0.331. The number of allylic oxidation sites excluding steroid dienone is 1. The lowest BCUT2D eigenvalue weighted by atomic mass is 9.80. The number of carbonyl (C=O) groups is 2. The first kappa shape index (κ1) is 28.9. The molecule has 3 atom stereocenters. The molecule has 1 unspecified atom stereocenters. The molecule has 37 heavy (non-hydrogen) atoms. The summed E-state index contributed by atoms with van der Waals surface area (Å²) >= 11 is 0. The van der Waals surface area contributed by atoms with Crippen molar-refractivity contribution < 1.29 is 33.4 Å². The molecule has 1 aliphatic carbocycles.